The van der Waals surface area contributed by atoms with E-state index in [9.17, 15) is 17.6 Å². The highest BCUT2D eigenvalue weighted by atomic mass is 32.2. The van der Waals surface area contributed by atoms with E-state index in [-0.39, 0.29) is 28.5 Å². The Morgan fingerprint density at radius 1 is 1.09 bits per heavy atom. The van der Waals surface area contributed by atoms with E-state index in [1.54, 1.807) is 6.07 Å². The lowest BCUT2D eigenvalue weighted by Crippen LogP contribution is -2.12. The van der Waals surface area contributed by atoms with Gasteiger partial charge in [0.2, 0.25) is 11.0 Å². The van der Waals surface area contributed by atoms with Gasteiger partial charge in [-0.15, -0.1) is 10.2 Å². The first-order valence-electron chi connectivity index (χ1n) is 5.61. The molecule has 11 heteroatoms. The Labute approximate surface area is 123 Å². The van der Waals surface area contributed by atoms with E-state index >= 15 is 0 Å². The van der Waals surface area contributed by atoms with Crippen LogP contribution in [0.4, 0.5) is 17.6 Å². The number of furan rings is 1. The molecule has 0 atom stereocenters. The molecule has 3 aromatic heterocycles. The van der Waals surface area contributed by atoms with E-state index in [2.05, 4.69) is 15.2 Å². The highest BCUT2D eigenvalue weighted by Gasteiger charge is 2.24. The first-order valence-corrected chi connectivity index (χ1v) is 6.43. The molecule has 0 fully saturated rings. The third-order valence-electron chi connectivity index (χ3n) is 2.56. The summed E-state index contributed by atoms with van der Waals surface area (Å²) in [4.78, 5) is 1.49. The number of hydrogen-bond donors (Lipinski definition) is 1. The van der Waals surface area contributed by atoms with Crippen molar-refractivity contribution >= 4 is 11.8 Å². The Hall–Kier alpha value is -2.56. The molecule has 2 N–H and O–H groups in total. The minimum Gasteiger partial charge on any atom is -0.461 e. The number of nitrogens with two attached hydrogens (primary N) is 1. The second kappa shape index (κ2) is 5.33. The van der Waals surface area contributed by atoms with E-state index < -0.39 is 28.4 Å². The molecule has 114 valence electrons. The van der Waals surface area contributed by atoms with Gasteiger partial charge in [-0.25, -0.2) is 13.5 Å². The van der Waals surface area contributed by atoms with E-state index in [0.717, 1.165) is 4.68 Å². The zero-order chi connectivity index (χ0) is 15.9. The fourth-order valence-electron chi connectivity index (χ4n) is 1.57. The van der Waals surface area contributed by atoms with Gasteiger partial charge >= 0.3 is 0 Å². The predicted molar refractivity (Wildman–Crippen MR) is 66.1 cm³/mol. The van der Waals surface area contributed by atoms with Crippen LogP contribution in [0.25, 0.3) is 11.6 Å². The molecule has 0 aliphatic carbocycles. The molecule has 3 aromatic rings. The molecule has 0 aliphatic rings. The number of hydrogen-bond acceptors (Lipinski definition) is 6. The summed E-state index contributed by atoms with van der Waals surface area (Å²) in [6.45, 7) is 0. The lowest BCUT2D eigenvalue weighted by molar-refractivity contribution is 0.383. The Morgan fingerprint density at radius 2 is 1.77 bits per heavy atom. The molecule has 0 unspecified atom stereocenters. The van der Waals surface area contributed by atoms with Gasteiger partial charge in [0, 0.05) is 0 Å². The van der Waals surface area contributed by atoms with Crippen LogP contribution in [0.5, 0.6) is 0 Å². The van der Waals surface area contributed by atoms with E-state index in [1.807, 2.05) is 0 Å². The summed E-state index contributed by atoms with van der Waals surface area (Å²) in [5, 5.41) is 7.08. The Kier molecular flexibility index (Phi) is 3.48. The maximum Gasteiger partial charge on any atom is 0.252 e. The standard InChI is InChI=1S/C11H5F4N5OS/c12-5-7(6(13)9(15)17-8(5)14)22-11-19-18-10(20(11)16)4-2-1-3-21-4/h1-3H,16H2. The van der Waals surface area contributed by atoms with Crippen molar-refractivity contribution in [1.82, 2.24) is 19.9 Å². The summed E-state index contributed by atoms with van der Waals surface area (Å²) < 4.78 is 59.2. The second-order valence-corrected chi connectivity index (χ2v) is 4.88. The first kappa shape index (κ1) is 14.4. The third-order valence-corrected chi connectivity index (χ3v) is 3.58. The molecule has 0 aliphatic heterocycles. The summed E-state index contributed by atoms with van der Waals surface area (Å²) in [7, 11) is 0. The SMILES string of the molecule is Nn1c(Sc2c(F)c(F)nc(F)c2F)nnc1-c1ccco1. The lowest BCUT2D eigenvalue weighted by atomic mass is 10.4. The molecular formula is C11H5F4N5OS. The van der Waals surface area contributed by atoms with Crippen LogP contribution in [-0.4, -0.2) is 19.9 Å². The number of halogens is 4. The molecule has 0 spiro atoms. The van der Waals surface area contributed by atoms with Gasteiger partial charge < -0.3 is 10.3 Å². The molecule has 0 saturated carbocycles. The van der Waals surface area contributed by atoms with Crippen LogP contribution in [0.2, 0.25) is 0 Å². The van der Waals surface area contributed by atoms with Crippen molar-refractivity contribution in [3.05, 3.63) is 41.9 Å². The van der Waals surface area contributed by atoms with Gasteiger partial charge in [-0.2, -0.15) is 13.8 Å². The second-order valence-electron chi connectivity index (χ2n) is 3.91. The van der Waals surface area contributed by atoms with Crippen LogP contribution in [-0.2, 0) is 0 Å². The van der Waals surface area contributed by atoms with E-state index in [0.29, 0.717) is 0 Å². The van der Waals surface area contributed by atoms with Gasteiger partial charge in [-0.05, 0) is 23.9 Å². The van der Waals surface area contributed by atoms with Crippen molar-refractivity contribution in [1.29, 1.82) is 0 Å². The first-order chi connectivity index (χ1) is 10.5. The summed E-state index contributed by atoms with van der Waals surface area (Å²) in [6, 6.07) is 3.11. The highest BCUT2D eigenvalue weighted by Crippen LogP contribution is 2.33. The molecule has 0 saturated heterocycles. The predicted octanol–water partition coefficient (Wildman–Crippen LogP) is 2.35. The zero-order valence-electron chi connectivity index (χ0n) is 10.4. The zero-order valence-corrected chi connectivity index (χ0v) is 11.2. The fourth-order valence-corrected chi connectivity index (χ4v) is 2.37. The van der Waals surface area contributed by atoms with Crippen LogP contribution in [0.15, 0.2) is 32.9 Å². The van der Waals surface area contributed by atoms with Gasteiger partial charge in [-0.1, -0.05) is 0 Å². The van der Waals surface area contributed by atoms with E-state index in [1.165, 1.54) is 12.3 Å². The van der Waals surface area contributed by atoms with Crippen molar-refractivity contribution < 1.29 is 22.0 Å². The number of aromatic nitrogens is 4. The van der Waals surface area contributed by atoms with Crippen molar-refractivity contribution in [3.8, 4) is 11.6 Å². The topological polar surface area (TPSA) is 82.8 Å². The normalized spacial score (nSPS) is 11.1. The van der Waals surface area contributed by atoms with Crippen molar-refractivity contribution in [2.75, 3.05) is 5.84 Å². The third kappa shape index (κ3) is 2.28. The monoisotopic (exact) mass is 331 g/mol. The van der Waals surface area contributed by atoms with Crippen LogP contribution in [0.1, 0.15) is 0 Å². The number of pyridine rings is 1. The maximum absolute atomic E-state index is 13.6. The smallest absolute Gasteiger partial charge is 0.252 e. The summed E-state index contributed by atoms with van der Waals surface area (Å²) in [5.41, 5.74) is 0. The fraction of sp³-hybridized carbons (Fsp3) is 0. The average Bonchev–Trinajstić information content (AvgIpc) is 3.12. The van der Waals surface area contributed by atoms with Gasteiger partial charge in [0.15, 0.2) is 17.4 Å². The molecule has 3 rings (SSSR count). The molecule has 0 amide bonds. The molecule has 0 radical (unpaired) electrons. The van der Waals surface area contributed by atoms with Crippen LogP contribution in [0, 0.1) is 23.5 Å². The minimum absolute atomic E-state index is 0.0725. The molecule has 0 aromatic carbocycles. The molecular weight excluding hydrogens is 326 g/mol. The lowest BCUT2D eigenvalue weighted by Gasteiger charge is -2.05. The molecule has 22 heavy (non-hydrogen) atoms. The molecule has 3 heterocycles. The maximum atomic E-state index is 13.6. The Balaban J connectivity index is 2.02. The quantitative estimate of drug-likeness (QED) is 0.451. The summed E-state index contributed by atoms with van der Waals surface area (Å²) >= 11 is 0.267. The number of nitrogens with zero attached hydrogens (tertiary/aromatic N) is 4. The summed E-state index contributed by atoms with van der Waals surface area (Å²) in [5.74, 6) is -0.816. The van der Waals surface area contributed by atoms with E-state index in [4.69, 9.17) is 10.3 Å². The molecule has 6 nitrogen and oxygen atoms in total. The van der Waals surface area contributed by atoms with Crippen molar-refractivity contribution in [2.24, 2.45) is 0 Å². The van der Waals surface area contributed by atoms with Gasteiger partial charge in [0.05, 0.1) is 11.2 Å². The summed E-state index contributed by atoms with van der Waals surface area (Å²) in [6.07, 6.45) is 1.36. The van der Waals surface area contributed by atoms with Crippen LogP contribution >= 0.6 is 11.8 Å². The van der Waals surface area contributed by atoms with Crippen LogP contribution < -0.4 is 5.84 Å². The Morgan fingerprint density at radius 3 is 2.36 bits per heavy atom. The van der Waals surface area contributed by atoms with Crippen molar-refractivity contribution in [3.63, 3.8) is 0 Å². The minimum atomic E-state index is -1.77. The van der Waals surface area contributed by atoms with Gasteiger partial charge in [-0.3, -0.25) is 0 Å². The Bertz CT molecular complexity index is 809. The largest absolute Gasteiger partial charge is 0.461 e. The highest BCUT2D eigenvalue weighted by molar-refractivity contribution is 7.99. The van der Waals surface area contributed by atoms with Gasteiger partial charge in [0.25, 0.3) is 11.9 Å². The molecule has 0 bridgehead atoms. The van der Waals surface area contributed by atoms with Crippen molar-refractivity contribution in [2.45, 2.75) is 10.1 Å². The number of nitrogen functional groups attached to an aromatic ring is 1. The number of rotatable bonds is 3. The van der Waals surface area contributed by atoms with Crippen LogP contribution in [0.3, 0.4) is 0 Å². The van der Waals surface area contributed by atoms with Gasteiger partial charge in [0.1, 0.15) is 0 Å². The average molecular weight is 331 g/mol.